The predicted molar refractivity (Wildman–Crippen MR) is 116 cm³/mol. The largest absolute Gasteiger partial charge is 0.507 e. The molecule has 0 saturated carbocycles. The van der Waals surface area contributed by atoms with Gasteiger partial charge in [0.05, 0.1) is 34.8 Å². The smallest absolute Gasteiger partial charge is 0.318 e. The molecule has 0 spiro atoms. The number of nitrogens with one attached hydrogen (secondary N) is 1. The van der Waals surface area contributed by atoms with Crippen molar-refractivity contribution in [3.63, 3.8) is 0 Å². The van der Waals surface area contributed by atoms with E-state index in [1.165, 1.54) is 43.7 Å². The second-order valence-electron chi connectivity index (χ2n) is 6.42. The van der Waals surface area contributed by atoms with Crippen molar-refractivity contribution in [2.24, 2.45) is 5.10 Å². The normalized spacial score (nSPS) is 10.6. The van der Waals surface area contributed by atoms with Crippen LogP contribution in [0, 0.1) is 20.2 Å². The van der Waals surface area contributed by atoms with Crippen molar-refractivity contribution in [1.29, 1.82) is 0 Å². The molecule has 0 bridgehead atoms. The molecule has 12 nitrogen and oxygen atoms in total. The number of phenols is 1. The zero-order valence-electron chi connectivity index (χ0n) is 17.0. The van der Waals surface area contributed by atoms with E-state index in [1.54, 1.807) is 12.1 Å². The second kappa shape index (κ2) is 9.87. The maximum Gasteiger partial charge on any atom is 0.318 e. The number of hydrazone groups is 1. The van der Waals surface area contributed by atoms with Crippen molar-refractivity contribution in [1.82, 2.24) is 5.43 Å². The van der Waals surface area contributed by atoms with Crippen molar-refractivity contribution in [2.45, 2.75) is 0 Å². The zero-order valence-corrected chi connectivity index (χ0v) is 17.0. The van der Waals surface area contributed by atoms with Crippen molar-refractivity contribution in [3.05, 3.63) is 92.0 Å². The number of rotatable bonds is 8. The van der Waals surface area contributed by atoms with Gasteiger partial charge in [-0.15, -0.1) is 0 Å². The van der Waals surface area contributed by atoms with E-state index in [4.69, 9.17) is 9.47 Å². The SMILES string of the molecule is COc1ccc(C(=O)N/N=C\c2ccc(Oc3ccc([N+](=O)[O-])cc3[N+](=O)[O-])cc2)c(O)c1. The first-order valence-corrected chi connectivity index (χ1v) is 9.19. The van der Waals surface area contributed by atoms with Crippen molar-refractivity contribution in [3.8, 4) is 23.0 Å². The summed E-state index contributed by atoms with van der Waals surface area (Å²) < 4.78 is 10.4. The van der Waals surface area contributed by atoms with Crippen molar-refractivity contribution >= 4 is 23.5 Å². The van der Waals surface area contributed by atoms with Gasteiger partial charge in [-0.1, -0.05) is 0 Å². The number of benzene rings is 3. The highest BCUT2D eigenvalue weighted by Crippen LogP contribution is 2.34. The Morgan fingerprint density at radius 1 is 1.00 bits per heavy atom. The lowest BCUT2D eigenvalue weighted by Gasteiger charge is -2.07. The Bertz CT molecular complexity index is 1240. The molecule has 0 unspecified atom stereocenters. The number of amides is 1. The van der Waals surface area contributed by atoms with E-state index in [-0.39, 0.29) is 22.8 Å². The van der Waals surface area contributed by atoms with Gasteiger partial charge >= 0.3 is 5.69 Å². The Morgan fingerprint density at radius 3 is 2.30 bits per heavy atom. The fourth-order valence-electron chi connectivity index (χ4n) is 2.65. The topological polar surface area (TPSA) is 166 Å². The van der Waals surface area contributed by atoms with E-state index in [0.717, 1.165) is 18.2 Å². The number of methoxy groups -OCH3 is 1. The first-order valence-electron chi connectivity index (χ1n) is 9.19. The van der Waals surface area contributed by atoms with Gasteiger partial charge in [-0.3, -0.25) is 25.0 Å². The van der Waals surface area contributed by atoms with E-state index >= 15 is 0 Å². The summed E-state index contributed by atoms with van der Waals surface area (Å²) in [6.07, 6.45) is 1.34. The average molecular weight is 452 g/mol. The summed E-state index contributed by atoms with van der Waals surface area (Å²) in [4.78, 5) is 32.6. The Kier molecular flexibility index (Phi) is 6.78. The maximum absolute atomic E-state index is 12.1. The molecule has 33 heavy (non-hydrogen) atoms. The Balaban J connectivity index is 1.66. The molecule has 3 aromatic rings. The molecule has 0 saturated heterocycles. The highest BCUT2D eigenvalue weighted by molar-refractivity contribution is 5.97. The highest BCUT2D eigenvalue weighted by Gasteiger charge is 2.21. The molecule has 0 heterocycles. The van der Waals surface area contributed by atoms with Crippen LogP contribution in [0.4, 0.5) is 11.4 Å². The van der Waals surface area contributed by atoms with E-state index in [0.29, 0.717) is 11.3 Å². The van der Waals surface area contributed by atoms with Crippen LogP contribution in [0.5, 0.6) is 23.0 Å². The summed E-state index contributed by atoms with van der Waals surface area (Å²) in [5.41, 5.74) is 1.90. The van der Waals surface area contributed by atoms with E-state index in [1.807, 2.05) is 0 Å². The minimum atomic E-state index is -0.771. The van der Waals surface area contributed by atoms with Gasteiger partial charge in [-0.2, -0.15) is 5.10 Å². The van der Waals surface area contributed by atoms with Gasteiger partial charge in [0.25, 0.3) is 11.6 Å². The number of hydrogen-bond donors (Lipinski definition) is 2. The maximum atomic E-state index is 12.1. The van der Waals surface area contributed by atoms with Crippen LogP contribution in [0.1, 0.15) is 15.9 Å². The number of non-ortho nitro benzene ring substituents is 1. The number of carbonyl (C=O) groups is 1. The van der Waals surface area contributed by atoms with Gasteiger partial charge in [0.1, 0.15) is 17.2 Å². The molecule has 0 atom stereocenters. The van der Waals surface area contributed by atoms with Crippen molar-refractivity contribution in [2.75, 3.05) is 7.11 Å². The minimum Gasteiger partial charge on any atom is -0.507 e. The molecule has 12 heteroatoms. The second-order valence-corrected chi connectivity index (χ2v) is 6.42. The van der Waals surface area contributed by atoms with E-state index in [9.17, 15) is 30.1 Å². The number of hydrogen-bond acceptors (Lipinski definition) is 9. The molecule has 3 rings (SSSR count). The summed E-state index contributed by atoms with van der Waals surface area (Å²) in [5.74, 6) is -0.399. The number of nitrogens with zero attached hydrogens (tertiary/aromatic N) is 3. The number of nitro benzene ring substituents is 2. The Morgan fingerprint density at radius 2 is 1.70 bits per heavy atom. The number of phenolic OH excluding ortho intramolecular Hbond substituents is 1. The number of aromatic hydroxyl groups is 1. The summed E-state index contributed by atoms with van der Waals surface area (Å²) in [6.45, 7) is 0. The fourth-order valence-corrected chi connectivity index (χ4v) is 2.65. The van der Waals surface area contributed by atoms with Gasteiger partial charge in [0, 0.05) is 12.1 Å². The summed E-state index contributed by atoms with van der Waals surface area (Å²) in [6, 6.07) is 13.4. The van der Waals surface area contributed by atoms with Gasteiger partial charge < -0.3 is 14.6 Å². The summed E-state index contributed by atoms with van der Waals surface area (Å²) in [5, 5.41) is 35.7. The third-order valence-electron chi connectivity index (χ3n) is 4.29. The third-order valence-corrected chi connectivity index (χ3v) is 4.29. The molecule has 1 amide bonds. The van der Waals surface area contributed by atoms with Gasteiger partial charge in [-0.25, -0.2) is 5.43 Å². The van der Waals surface area contributed by atoms with Crippen LogP contribution in [0.25, 0.3) is 0 Å². The lowest BCUT2D eigenvalue weighted by atomic mass is 10.2. The molecule has 2 N–H and O–H groups in total. The average Bonchev–Trinajstić information content (AvgIpc) is 2.79. The minimum absolute atomic E-state index is 0.0152. The molecule has 0 radical (unpaired) electrons. The molecule has 0 aliphatic rings. The van der Waals surface area contributed by atoms with Gasteiger partial charge in [-0.05, 0) is 48.0 Å². The monoisotopic (exact) mass is 452 g/mol. The van der Waals surface area contributed by atoms with Crippen LogP contribution in [0.15, 0.2) is 65.8 Å². The standard InChI is InChI=1S/C21H16N4O8/c1-32-16-7-8-17(19(26)11-16)21(27)23-22-12-13-2-5-15(6-3-13)33-20-9-4-14(24(28)29)10-18(20)25(30)31/h2-12,26H,1H3,(H,23,27)/b22-12-. The lowest BCUT2D eigenvalue weighted by molar-refractivity contribution is -0.394. The van der Waals surface area contributed by atoms with Crippen LogP contribution in [0.3, 0.4) is 0 Å². The van der Waals surface area contributed by atoms with Gasteiger partial charge in [0.2, 0.25) is 5.75 Å². The van der Waals surface area contributed by atoms with Gasteiger partial charge in [0.15, 0.2) is 0 Å². The van der Waals surface area contributed by atoms with Crippen LogP contribution in [-0.2, 0) is 0 Å². The van der Waals surface area contributed by atoms with Crippen molar-refractivity contribution < 1.29 is 29.2 Å². The number of ether oxygens (including phenoxy) is 2. The molecule has 0 aromatic heterocycles. The summed E-state index contributed by atoms with van der Waals surface area (Å²) >= 11 is 0. The van der Waals surface area contributed by atoms with Crippen LogP contribution in [-0.4, -0.2) is 34.2 Å². The first-order chi connectivity index (χ1) is 15.8. The molecule has 0 aliphatic carbocycles. The zero-order chi connectivity index (χ0) is 24.0. The van der Waals surface area contributed by atoms with Crippen LogP contribution < -0.4 is 14.9 Å². The number of carbonyl (C=O) groups excluding carboxylic acids is 1. The first kappa shape index (κ1) is 22.7. The van der Waals surface area contributed by atoms with E-state index in [2.05, 4.69) is 10.5 Å². The third kappa shape index (κ3) is 5.58. The molecular formula is C21H16N4O8. The number of nitro groups is 2. The molecule has 0 aliphatic heterocycles. The Labute approximate surface area is 186 Å². The highest BCUT2D eigenvalue weighted by atomic mass is 16.6. The lowest BCUT2D eigenvalue weighted by Crippen LogP contribution is -2.17. The Hall–Kier alpha value is -5.00. The fraction of sp³-hybridized carbons (Fsp3) is 0.0476. The summed E-state index contributed by atoms with van der Waals surface area (Å²) in [7, 11) is 1.43. The molecular weight excluding hydrogens is 436 g/mol. The molecule has 3 aromatic carbocycles. The quantitative estimate of drug-likeness (QED) is 0.296. The predicted octanol–water partition coefficient (Wildman–Crippen LogP) is 3.77. The van der Waals surface area contributed by atoms with E-state index < -0.39 is 27.1 Å². The molecule has 0 fully saturated rings. The van der Waals surface area contributed by atoms with Crippen LogP contribution >= 0.6 is 0 Å². The van der Waals surface area contributed by atoms with Crippen LogP contribution in [0.2, 0.25) is 0 Å². The molecule has 168 valence electrons.